The molecule has 1 N–H and O–H groups in total. The first-order valence-corrected chi connectivity index (χ1v) is 13.3. The number of hydrogen-bond acceptors (Lipinski definition) is 5. The van der Waals surface area contributed by atoms with Crippen LogP contribution in [0.1, 0.15) is 77.6 Å². The third kappa shape index (κ3) is 19.7. The summed E-state index contributed by atoms with van der Waals surface area (Å²) in [4.78, 5) is 23.1. The van der Waals surface area contributed by atoms with Crippen molar-refractivity contribution in [3.63, 3.8) is 0 Å². The Hall–Kier alpha value is -0.660. The molecule has 2 unspecified atom stereocenters. The SMILES string of the molecule is CCCCCCCCCCCCC(COC(=O)N(C)C)OP(=O)(O)OCC[N+](C)(C)C. The Morgan fingerprint density at radius 2 is 1.48 bits per heavy atom. The number of amides is 1. The molecule has 0 aromatic heterocycles. The zero-order valence-electron chi connectivity index (χ0n) is 20.8. The van der Waals surface area contributed by atoms with Gasteiger partial charge < -0.3 is 19.0 Å². The number of carbonyl (C=O) groups is 1. The van der Waals surface area contributed by atoms with Gasteiger partial charge >= 0.3 is 13.9 Å². The molecule has 0 aromatic carbocycles. The van der Waals surface area contributed by atoms with Crippen molar-refractivity contribution in [2.24, 2.45) is 0 Å². The van der Waals surface area contributed by atoms with Gasteiger partial charge in [-0.3, -0.25) is 9.05 Å². The molecule has 0 saturated carbocycles. The molecule has 0 saturated heterocycles. The zero-order valence-corrected chi connectivity index (χ0v) is 21.7. The number of ether oxygens (including phenoxy) is 1. The van der Waals surface area contributed by atoms with Crippen LogP contribution in [0.4, 0.5) is 4.79 Å². The standard InChI is InChI=1S/C22H47N2O6P/c1-7-8-9-10-11-12-13-14-15-16-17-21(20-28-22(25)23(2)3)30-31(26,27)29-19-18-24(4,5)6/h21H,7-20H2,1-6H3/p+1. The van der Waals surface area contributed by atoms with Crippen molar-refractivity contribution in [2.45, 2.75) is 83.7 Å². The second kappa shape index (κ2) is 16.9. The minimum absolute atomic E-state index is 0.0717. The first kappa shape index (κ1) is 30.3. The highest BCUT2D eigenvalue weighted by Crippen LogP contribution is 2.45. The van der Waals surface area contributed by atoms with Crippen molar-refractivity contribution < 1.29 is 32.5 Å². The van der Waals surface area contributed by atoms with Gasteiger partial charge in [0.1, 0.15) is 25.9 Å². The highest BCUT2D eigenvalue weighted by molar-refractivity contribution is 7.47. The summed E-state index contributed by atoms with van der Waals surface area (Å²) in [6.45, 7) is 2.84. The van der Waals surface area contributed by atoms with E-state index >= 15 is 0 Å². The summed E-state index contributed by atoms with van der Waals surface area (Å²) in [5.41, 5.74) is 0. The number of carbonyl (C=O) groups excluding carboxylic acids is 1. The van der Waals surface area contributed by atoms with Crippen LogP contribution in [0.15, 0.2) is 0 Å². The molecule has 0 heterocycles. The Morgan fingerprint density at radius 3 is 1.97 bits per heavy atom. The number of nitrogens with zero attached hydrogens (tertiary/aromatic N) is 2. The molecule has 31 heavy (non-hydrogen) atoms. The van der Waals surface area contributed by atoms with Gasteiger partial charge in [-0.15, -0.1) is 0 Å². The Bertz CT molecular complexity index is 511. The van der Waals surface area contributed by atoms with Crippen molar-refractivity contribution >= 4 is 13.9 Å². The van der Waals surface area contributed by atoms with E-state index in [2.05, 4.69) is 6.92 Å². The molecule has 0 spiro atoms. The minimum atomic E-state index is -4.21. The molecule has 9 heteroatoms. The van der Waals surface area contributed by atoms with E-state index in [9.17, 15) is 14.3 Å². The van der Waals surface area contributed by atoms with Gasteiger partial charge in [-0.1, -0.05) is 71.1 Å². The maximum atomic E-state index is 12.3. The molecule has 0 aliphatic heterocycles. The normalized spacial score (nSPS) is 14.8. The topological polar surface area (TPSA) is 85.3 Å². The fourth-order valence-corrected chi connectivity index (χ4v) is 3.88. The van der Waals surface area contributed by atoms with E-state index < -0.39 is 20.0 Å². The van der Waals surface area contributed by atoms with Gasteiger partial charge in [0.05, 0.1) is 21.1 Å². The number of hydrogen-bond donors (Lipinski definition) is 1. The molecular formula is C22H48N2O6P+. The van der Waals surface area contributed by atoms with E-state index in [4.69, 9.17) is 13.8 Å². The maximum absolute atomic E-state index is 12.3. The lowest BCUT2D eigenvalue weighted by Gasteiger charge is -2.25. The fraction of sp³-hybridized carbons (Fsp3) is 0.955. The van der Waals surface area contributed by atoms with Crippen molar-refractivity contribution in [2.75, 3.05) is 55.0 Å². The van der Waals surface area contributed by atoms with E-state index in [1.165, 1.54) is 49.8 Å². The maximum Gasteiger partial charge on any atom is 0.472 e. The van der Waals surface area contributed by atoms with Crippen molar-refractivity contribution in [1.82, 2.24) is 4.90 Å². The average Bonchev–Trinajstić information content (AvgIpc) is 2.65. The monoisotopic (exact) mass is 467 g/mol. The number of unbranched alkanes of at least 4 members (excludes halogenated alkanes) is 9. The van der Waals surface area contributed by atoms with Crippen LogP contribution >= 0.6 is 7.82 Å². The molecule has 0 radical (unpaired) electrons. The Balaban J connectivity index is 4.34. The molecule has 186 valence electrons. The summed E-state index contributed by atoms with van der Waals surface area (Å²) >= 11 is 0. The summed E-state index contributed by atoms with van der Waals surface area (Å²) in [5.74, 6) is 0. The van der Waals surface area contributed by atoms with Crippen LogP contribution in [-0.4, -0.2) is 81.5 Å². The predicted octanol–water partition coefficient (Wildman–Crippen LogP) is 5.20. The predicted molar refractivity (Wildman–Crippen MR) is 125 cm³/mol. The number of phosphoric acid groups is 1. The van der Waals surface area contributed by atoms with Crippen LogP contribution in [0.2, 0.25) is 0 Å². The summed E-state index contributed by atoms with van der Waals surface area (Å²) < 4.78 is 28.6. The van der Waals surface area contributed by atoms with Crippen LogP contribution in [0, 0.1) is 0 Å². The molecule has 0 aliphatic carbocycles. The summed E-state index contributed by atoms with van der Waals surface area (Å²) in [6, 6.07) is 0. The highest BCUT2D eigenvalue weighted by atomic mass is 31.2. The smallest absolute Gasteiger partial charge is 0.447 e. The van der Waals surface area contributed by atoms with Crippen molar-refractivity contribution in [1.29, 1.82) is 0 Å². The van der Waals surface area contributed by atoms with Gasteiger partial charge in [0.25, 0.3) is 0 Å². The second-order valence-electron chi connectivity index (χ2n) is 9.49. The molecule has 0 rings (SSSR count). The number of quaternary nitrogens is 1. The third-order valence-corrected chi connectivity index (χ3v) is 6.01. The van der Waals surface area contributed by atoms with Crippen LogP contribution in [0.25, 0.3) is 0 Å². The van der Waals surface area contributed by atoms with Crippen LogP contribution in [0.5, 0.6) is 0 Å². The molecule has 2 atom stereocenters. The van der Waals surface area contributed by atoms with Gasteiger partial charge in [-0.2, -0.15) is 0 Å². The zero-order chi connectivity index (χ0) is 23.8. The second-order valence-corrected chi connectivity index (χ2v) is 10.9. The molecule has 0 aliphatic rings. The van der Waals surface area contributed by atoms with Crippen molar-refractivity contribution in [3.05, 3.63) is 0 Å². The van der Waals surface area contributed by atoms with Gasteiger partial charge in [0.2, 0.25) is 0 Å². The van der Waals surface area contributed by atoms with Gasteiger partial charge in [0, 0.05) is 14.1 Å². The average molecular weight is 468 g/mol. The van der Waals surface area contributed by atoms with E-state index in [1.807, 2.05) is 21.1 Å². The number of likely N-dealkylation sites (N-methyl/N-ethyl adjacent to an activating group) is 1. The lowest BCUT2D eigenvalue weighted by atomic mass is 10.0. The molecular weight excluding hydrogens is 419 g/mol. The molecule has 0 aromatic rings. The lowest BCUT2D eigenvalue weighted by Crippen LogP contribution is -2.37. The van der Waals surface area contributed by atoms with E-state index in [0.717, 1.165) is 19.3 Å². The molecule has 8 nitrogen and oxygen atoms in total. The lowest BCUT2D eigenvalue weighted by molar-refractivity contribution is -0.870. The van der Waals surface area contributed by atoms with Crippen LogP contribution in [0.3, 0.4) is 0 Å². The molecule has 1 amide bonds. The summed E-state index contributed by atoms with van der Waals surface area (Å²) in [5, 5.41) is 0. The Labute approximate surface area is 190 Å². The Morgan fingerprint density at radius 1 is 0.968 bits per heavy atom. The van der Waals surface area contributed by atoms with Gasteiger partial charge in [-0.05, 0) is 6.42 Å². The number of rotatable bonds is 19. The first-order valence-electron chi connectivity index (χ1n) is 11.8. The number of phosphoric ester groups is 1. The largest absolute Gasteiger partial charge is 0.472 e. The fourth-order valence-electron chi connectivity index (χ4n) is 2.97. The van der Waals surface area contributed by atoms with E-state index in [1.54, 1.807) is 14.1 Å². The minimum Gasteiger partial charge on any atom is -0.447 e. The molecule has 0 bridgehead atoms. The first-order chi connectivity index (χ1) is 14.5. The van der Waals surface area contributed by atoms with E-state index in [0.29, 0.717) is 17.4 Å². The van der Waals surface area contributed by atoms with Gasteiger partial charge in [0.15, 0.2) is 0 Å². The highest BCUT2D eigenvalue weighted by Gasteiger charge is 2.28. The van der Waals surface area contributed by atoms with Crippen LogP contribution < -0.4 is 0 Å². The Kier molecular flexibility index (Phi) is 16.5. The summed E-state index contributed by atoms with van der Waals surface area (Å²) in [6.07, 6.45) is 11.4. The molecule has 0 fully saturated rings. The van der Waals surface area contributed by atoms with Crippen molar-refractivity contribution in [3.8, 4) is 0 Å². The third-order valence-electron chi connectivity index (χ3n) is 4.94. The van der Waals surface area contributed by atoms with Gasteiger partial charge in [-0.25, -0.2) is 9.36 Å². The van der Waals surface area contributed by atoms with E-state index in [-0.39, 0.29) is 13.2 Å². The van der Waals surface area contributed by atoms with Crippen LogP contribution in [-0.2, 0) is 18.3 Å². The quantitative estimate of drug-likeness (QED) is 0.160. The summed E-state index contributed by atoms with van der Waals surface area (Å²) in [7, 11) is 4.88.